The Morgan fingerprint density at radius 1 is 1.36 bits per heavy atom. The number of carbonyl (C=O) groups excluding carboxylic acids is 1. The van der Waals surface area contributed by atoms with Crippen molar-refractivity contribution in [3.8, 4) is 0 Å². The lowest BCUT2D eigenvalue weighted by Gasteiger charge is -2.42. The highest BCUT2D eigenvalue weighted by Crippen LogP contribution is 2.26. The molecule has 2 rings (SSSR count). The van der Waals surface area contributed by atoms with Gasteiger partial charge in [0.2, 0.25) is 0 Å². The van der Waals surface area contributed by atoms with Crippen LogP contribution in [0.25, 0.3) is 0 Å². The lowest BCUT2D eigenvalue weighted by atomic mass is 9.85. The van der Waals surface area contributed by atoms with Crippen molar-refractivity contribution in [2.24, 2.45) is 0 Å². The standard InChI is InChI=1S/C18H28N4O3/c1-5-22(11-16(23)24)15-8-14(9-15)20-17(25)21-18(3,4)13-7-6-12(2)19-10-13/h6-7,10,14-15H,5,8-9,11H2,1-4H3,(H,23,24)(H2,20,21,25). The number of hydrogen-bond acceptors (Lipinski definition) is 4. The zero-order valence-corrected chi connectivity index (χ0v) is 15.4. The van der Waals surface area contributed by atoms with E-state index in [1.807, 2.05) is 44.7 Å². The van der Waals surface area contributed by atoms with Crippen molar-refractivity contribution in [2.45, 2.75) is 58.2 Å². The predicted octanol–water partition coefficient (Wildman–Crippen LogP) is 1.86. The Balaban J connectivity index is 1.81. The molecule has 1 heterocycles. The number of aliphatic carboxylic acids is 1. The van der Waals surface area contributed by atoms with Crippen LogP contribution in [0.4, 0.5) is 4.79 Å². The first-order valence-electron chi connectivity index (χ1n) is 8.69. The van der Waals surface area contributed by atoms with Gasteiger partial charge in [0.1, 0.15) is 0 Å². The summed E-state index contributed by atoms with van der Waals surface area (Å²) in [6, 6.07) is 3.98. The topological polar surface area (TPSA) is 94.6 Å². The molecule has 0 radical (unpaired) electrons. The molecule has 1 saturated carbocycles. The number of likely N-dealkylation sites (N-methyl/N-ethyl adjacent to an activating group) is 1. The minimum atomic E-state index is -0.815. The number of carboxylic acid groups (broad SMARTS) is 1. The monoisotopic (exact) mass is 348 g/mol. The van der Waals surface area contributed by atoms with Crippen molar-refractivity contribution >= 4 is 12.0 Å². The average Bonchev–Trinajstić information content (AvgIpc) is 2.48. The smallest absolute Gasteiger partial charge is 0.317 e. The average molecular weight is 348 g/mol. The Hall–Kier alpha value is -2.15. The molecule has 7 heteroatoms. The van der Waals surface area contributed by atoms with E-state index in [0.717, 1.165) is 24.1 Å². The van der Waals surface area contributed by atoms with Crippen LogP contribution in [-0.2, 0) is 10.3 Å². The molecule has 1 aliphatic carbocycles. The largest absolute Gasteiger partial charge is 0.480 e. The summed E-state index contributed by atoms with van der Waals surface area (Å²) >= 11 is 0. The molecule has 1 aliphatic rings. The van der Waals surface area contributed by atoms with Gasteiger partial charge in [-0.3, -0.25) is 14.7 Å². The SMILES string of the molecule is CCN(CC(=O)O)C1CC(NC(=O)NC(C)(C)c2ccc(C)nc2)C1. The van der Waals surface area contributed by atoms with Crippen LogP contribution in [0, 0.1) is 6.92 Å². The van der Waals surface area contributed by atoms with E-state index in [0.29, 0.717) is 6.54 Å². The van der Waals surface area contributed by atoms with Gasteiger partial charge in [-0.15, -0.1) is 0 Å². The first-order valence-corrected chi connectivity index (χ1v) is 8.69. The maximum Gasteiger partial charge on any atom is 0.317 e. The Morgan fingerprint density at radius 3 is 2.56 bits per heavy atom. The van der Waals surface area contributed by atoms with E-state index >= 15 is 0 Å². The predicted molar refractivity (Wildman–Crippen MR) is 95.4 cm³/mol. The number of carboxylic acids is 1. The highest BCUT2D eigenvalue weighted by atomic mass is 16.4. The lowest BCUT2D eigenvalue weighted by Crippen LogP contribution is -2.57. The number of carbonyl (C=O) groups is 2. The quantitative estimate of drug-likeness (QED) is 0.699. The van der Waals surface area contributed by atoms with Gasteiger partial charge in [-0.05, 0) is 51.8 Å². The van der Waals surface area contributed by atoms with Crippen LogP contribution in [0.1, 0.15) is 44.9 Å². The van der Waals surface area contributed by atoms with Crippen molar-refractivity contribution in [1.82, 2.24) is 20.5 Å². The Morgan fingerprint density at radius 2 is 2.04 bits per heavy atom. The number of rotatable bonds is 7. The second-order valence-electron chi connectivity index (χ2n) is 7.19. The molecular weight excluding hydrogens is 320 g/mol. The fourth-order valence-corrected chi connectivity index (χ4v) is 3.09. The summed E-state index contributed by atoms with van der Waals surface area (Å²) in [5.74, 6) is -0.815. The minimum Gasteiger partial charge on any atom is -0.480 e. The zero-order chi connectivity index (χ0) is 18.6. The zero-order valence-electron chi connectivity index (χ0n) is 15.4. The van der Waals surface area contributed by atoms with E-state index in [2.05, 4.69) is 15.6 Å². The second-order valence-corrected chi connectivity index (χ2v) is 7.19. The Kier molecular flexibility index (Phi) is 6.00. The summed E-state index contributed by atoms with van der Waals surface area (Å²) in [4.78, 5) is 29.3. The summed E-state index contributed by atoms with van der Waals surface area (Å²) in [5, 5.41) is 14.9. The first kappa shape index (κ1) is 19.2. The summed E-state index contributed by atoms with van der Waals surface area (Å²) in [6.45, 7) is 8.50. The van der Waals surface area contributed by atoms with Crippen LogP contribution in [0.5, 0.6) is 0 Å². The van der Waals surface area contributed by atoms with Gasteiger partial charge in [0.05, 0.1) is 12.1 Å². The fourth-order valence-electron chi connectivity index (χ4n) is 3.09. The summed E-state index contributed by atoms with van der Waals surface area (Å²) < 4.78 is 0. The molecule has 7 nitrogen and oxygen atoms in total. The molecule has 0 saturated heterocycles. The highest BCUT2D eigenvalue weighted by molar-refractivity contribution is 5.75. The van der Waals surface area contributed by atoms with Crippen LogP contribution >= 0.6 is 0 Å². The van der Waals surface area contributed by atoms with E-state index in [9.17, 15) is 9.59 Å². The molecule has 1 fully saturated rings. The van der Waals surface area contributed by atoms with Crippen molar-refractivity contribution in [3.63, 3.8) is 0 Å². The fraction of sp³-hybridized carbons (Fsp3) is 0.611. The van der Waals surface area contributed by atoms with Gasteiger partial charge in [-0.2, -0.15) is 0 Å². The molecule has 0 bridgehead atoms. The van der Waals surface area contributed by atoms with Crippen molar-refractivity contribution < 1.29 is 14.7 Å². The summed E-state index contributed by atoms with van der Waals surface area (Å²) in [5.41, 5.74) is 1.36. The molecule has 0 unspecified atom stereocenters. The normalized spacial score (nSPS) is 20.0. The Bertz CT molecular complexity index is 609. The molecule has 1 aromatic rings. The van der Waals surface area contributed by atoms with Gasteiger partial charge in [-0.25, -0.2) is 4.79 Å². The molecule has 0 atom stereocenters. The maximum atomic E-state index is 12.3. The van der Waals surface area contributed by atoms with Crippen LogP contribution in [0.15, 0.2) is 18.3 Å². The number of urea groups is 1. The second kappa shape index (κ2) is 7.82. The third kappa shape index (κ3) is 5.16. The van der Waals surface area contributed by atoms with Gasteiger partial charge in [0.25, 0.3) is 0 Å². The molecule has 0 aromatic carbocycles. The van der Waals surface area contributed by atoms with Gasteiger partial charge < -0.3 is 15.7 Å². The van der Waals surface area contributed by atoms with E-state index in [1.165, 1.54) is 0 Å². The maximum absolute atomic E-state index is 12.3. The molecule has 25 heavy (non-hydrogen) atoms. The van der Waals surface area contributed by atoms with Gasteiger partial charge in [-0.1, -0.05) is 13.0 Å². The molecule has 0 aliphatic heterocycles. The molecule has 138 valence electrons. The molecule has 0 spiro atoms. The van der Waals surface area contributed by atoms with Crippen molar-refractivity contribution in [1.29, 1.82) is 0 Å². The lowest BCUT2D eigenvalue weighted by molar-refractivity contribution is -0.139. The summed E-state index contributed by atoms with van der Waals surface area (Å²) in [7, 11) is 0. The van der Waals surface area contributed by atoms with Gasteiger partial charge in [0, 0.05) is 24.0 Å². The number of amides is 2. The van der Waals surface area contributed by atoms with Crippen LogP contribution in [0.2, 0.25) is 0 Å². The molecule has 2 amide bonds. The van der Waals surface area contributed by atoms with E-state index in [4.69, 9.17) is 5.11 Å². The van der Waals surface area contributed by atoms with Crippen LogP contribution in [-0.4, -0.2) is 52.2 Å². The van der Waals surface area contributed by atoms with E-state index in [1.54, 1.807) is 6.20 Å². The molecular formula is C18H28N4O3. The van der Waals surface area contributed by atoms with E-state index in [-0.39, 0.29) is 24.7 Å². The highest BCUT2D eigenvalue weighted by Gasteiger charge is 2.35. The first-order chi connectivity index (χ1) is 11.7. The van der Waals surface area contributed by atoms with Crippen molar-refractivity contribution in [3.05, 3.63) is 29.6 Å². The number of pyridine rings is 1. The number of hydrogen-bond donors (Lipinski definition) is 3. The third-order valence-corrected chi connectivity index (χ3v) is 4.77. The minimum absolute atomic E-state index is 0.0491. The van der Waals surface area contributed by atoms with E-state index < -0.39 is 11.5 Å². The third-order valence-electron chi connectivity index (χ3n) is 4.77. The number of nitrogens with zero attached hydrogens (tertiary/aromatic N) is 2. The van der Waals surface area contributed by atoms with Crippen LogP contribution < -0.4 is 10.6 Å². The van der Waals surface area contributed by atoms with Gasteiger partial charge >= 0.3 is 12.0 Å². The molecule has 1 aromatic heterocycles. The molecule has 3 N–H and O–H groups in total. The van der Waals surface area contributed by atoms with Crippen molar-refractivity contribution in [2.75, 3.05) is 13.1 Å². The number of aromatic nitrogens is 1. The van der Waals surface area contributed by atoms with Gasteiger partial charge in [0.15, 0.2) is 0 Å². The number of aryl methyl sites for hydroxylation is 1. The number of nitrogens with one attached hydrogen (secondary N) is 2. The summed E-state index contributed by atoms with van der Waals surface area (Å²) in [6.07, 6.45) is 3.34. The van der Waals surface area contributed by atoms with Crippen LogP contribution in [0.3, 0.4) is 0 Å². The Labute approximate surface area is 148 Å².